The maximum absolute atomic E-state index is 13.1. The summed E-state index contributed by atoms with van der Waals surface area (Å²) < 4.78 is 20.2. The van der Waals surface area contributed by atoms with Crippen LogP contribution in [0.4, 0.5) is 10.1 Å². The lowest BCUT2D eigenvalue weighted by Crippen LogP contribution is -2.49. The molecule has 146 valence electrons. The highest BCUT2D eigenvalue weighted by molar-refractivity contribution is 5.81. The van der Waals surface area contributed by atoms with E-state index < -0.39 is 0 Å². The Kier molecular flexibility index (Phi) is 5.14. The second-order valence-electron chi connectivity index (χ2n) is 6.89. The number of piperazine rings is 1. The summed E-state index contributed by atoms with van der Waals surface area (Å²) in [5.41, 5.74) is 1.99. The molecule has 2 aromatic carbocycles. The predicted molar refractivity (Wildman–Crippen MR) is 106 cm³/mol. The van der Waals surface area contributed by atoms with Gasteiger partial charge in [-0.25, -0.2) is 4.39 Å². The van der Waals surface area contributed by atoms with E-state index in [4.69, 9.17) is 4.74 Å². The number of carbonyl (C=O) groups is 1. The van der Waals surface area contributed by atoms with E-state index in [1.807, 2.05) is 27.8 Å². The Morgan fingerprint density at radius 1 is 1.11 bits per heavy atom. The highest BCUT2D eigenvalue weighted by Gasteiger charge is 2.21. The largest absolute Gasteiger partial charge is 0.497 e. The fourth-order valence-electron chi connectivity index (χ4n) is 3.60. The van der Waals surface area contributed by atoms with Gasteiger partial charge in [-0.05, 0) is 42.5 Å². The first-order chi connectivity index (χ1) is 13.6. The fourth-order valence-corrected chi connectivity index (χ4v) is 3.60. The molecule has 6 nitrogen and oxygen atoms in total. The van der Waals surface area contributed by atoms with Gasteiger partial charge in [0.05, 0.1) is 25.4 Å². The average Bonchev–Trinajstić information content (AvgIpc) is 3.15. The zero-order valence-electron chi connectivity index (χ0n) is 15.8. The summed E-state index contributed by atoms with van der Waals surface area (Å²) in [6.45, 7) is 3.40. The lowest BCUT2D eigenvalue weighted by Gasteiger charge is -2.36. The van der Waals surface area contributed by atoms with Crippen LogP contribution < -0.4 is 9.64 Å². The molecule has 4 rings (SSSR count). The van der Waals surface area contributed by atoms with Gasteiger partial charge in [0.25, 0.3) is 0 Å². The second-order valence-corrected chi connectivity index (χ2v) is 6.89. The molecule has 2 heterocycles. The Morgan fingerprint density at radius 2 is 1.86 bits per heavy atom. The molecule has 0 aliphatic carbocycles. The summed E-state index contributed by atoms with van der Waals surface area (Å²) in [5.74, 6) is 0.695. The van der Waals surface area contributed by atoms with Crippen LogP contribution >= 0.6 is 0 Å². The third kappa shape index (κ3) is 3.78. The number of aryl methyl sites for hydroxylation is 1. The first-order valence-corrected chi connectivity index (χ1v) is 9.42. The first kappa shape index (κ1) is 18.3. The van der Waals surface area contributed by atoms with Crippen molar-refractivity contribution < 1.29 is 13.9 Å². The predicted octanol–water partition coefficient (Wildman–Crippen LogP) is 2.92. The van der Waals surface area contributed by atoms with Crippen LogP contribution in [-0.2, 0) is 11.3 Å². The van der Waals surface area contributed by atoms with Crippen molar-refractivity contribution in [2.75, 3.05) is 38.2 Å². The fraction of sp³-hybridized carbons (Fsp3) is 0.333. The van der Waals surface area contributed by atoms with E-state index in [1.54, 1.807) is 25.4 Å². The number of carbonyl (C=O) groups excluding carboxylic acids is 1. The molecule has 3 aromatic rings. The monoisotopic (exact) mass is 382 g/mol. The maximum atomic E-state index is 13.1. The van der Waals surface area contributed by atoms with Crippen LogP contribution in [0.15, 0.2) is 48.7 Å². The van der Waals surface area contributed by atoms with E-state index in [9.17, 15) is 9.18 Å². The lowest BCUT2D eigenvalue weighted by molar-refractivity contribution is -0.131. The van der Waals surface area contributed by atoms with E-state index in [0.29, 0.717) is 26.1 Å². The van der Waals surface area contributed by atoms with Gasteiger partial charge in [0.2, 0.25) is 5.91 Å². The Labute approximate surface area is 163 Å². The molecule has 1 aliphatic rings. The van der Waals surface area contributed by atoms with Gasteiger partial charge in [-0.1, -0.05) is 0 Å². The molecule has 7 heteroatoms. The summed E-state index contributed by atoms with van der Waals surface area (Å²) in [7, 11) is 1.64. The zero-order chi connectivity index (χ0) is 19.5. The molecule has 0 radical (unpaired) electrons. The van der Waals surface area contributed by atoms with Crippen LogP contribution in [0, 0.1) is 5.82 Å². The summed E-state index contributed by atoms with van der Waals surface area (Å²) in [6.07, 6.45) is 2.21. The first-order valence-electron chi connectivity index (χ1n) is 9.42. The molecular weight excluding hydrogens is 359 g/mol. The van der Waals surface area contributed by atoms with Crippen LogP contribution in [0.3, 0.4) is 0 Å². The second kappa shape index (κ2) is 7.88. The number of hydrogen-bond acceptors (Lipinski definition) is 4. The number of halogens is 1. The van der Waals surface area contributed by atoms with Gasteiger partial charge in [-0.2, -0.15) is 5.10 Å². The van der Waals surface area contributed by atoms with Gasteiger partial charge in [-0.3, -0.25) is 9.48 Å². The minimum atomic E-state index is -0.234. The Balaban J connectivity index is 1.32. The number of hydrogen-bond donors (Lipinski definition) is 0. The Bertz CT molecular complexity index is 962. The van der Waals surface area contributed by atoms with Crippen molar-refractivity contribution in [2.24, 2.45) is 0 Å². The van der Waals surface area contributed by atoms with E-state index in [2.05, 4.69) is 10.00 Å². The SMILES string of the molecule is COc1ccc2c(cnn2CCC(=O)N2CCN(c3ccc(F)cc3)CC2)c1. The minimum absolute atomic E-state index is 0.135. The van der Waals surface area contributed by atoms with E-state index in [0.717, 1.165) is 35.4 Å². The highest BCUT2D eigenvalue weighted by Crippen LogP contribution is 2.21. The number of amides is 1. The van der Waals surface area contributed by atoms with Gasteiger partial charge >= 0.3 is 0 Å². The quantitative estimate of drug-likeness (QED) is 0.681. The third-order valence-corrected chi connectivity index (χ3v) is 5.21. The molecule has 0 atom stereocenters. The van der Waals surface area contributed by atoms with Gasteiger partial charge in [0.15, 0.2) is 0 Å². The number of benzene rings is 2. The lowest BCUT2D eigenvalue weighted by atomic mass is 10.2. The smallest absolute Gasteiger partial charge is 0.224 e. The molecule has 1 aromatic heterocycles. The zero-order valence-corrected chi connectivity index (χ0v) is 15.8. The number of rotatable bonds is 5. The molecular formula is C21H23FN4O2. The molecule has 1 amide bonds. The Morgan fingerprint density at radius 3 is 2.57 bits per heavy atom. The molecule has 28 heavy (non-hydrogen) atoms. The van der Waals surface area contributed by atoms with Gasteiger partial charge in [0.1, 0.15) is 11.6 Å². The summed E-state index contributed by atoms with van der Waals surface area (Å²) in [5, 5.41) is 5.40. The standard InChI is InChI=1S/C21H23FN4O2/c1-28-19-6-7-20-16(14-19)15-23-26(20)9-8-21(27)25-12-10-24(11-13-25)18-4-2-17(22)3-5-18/h2-7,14-15H,8-13H2,1H3. The van der Waals surface area contributed by atoms with E-state index in [1.165, 1.54) is 12.1 Å². The van der Waals surface area contributed by atoms with Gasteiger partial charge in [0, 0.05) is 43.7 Å². The van der Waals surface area contributed by atoms with Crippen LogP contribution in [0.2, 0.25) is 0 Å². The number of nitrogens with zero attached hydrogens (tertiary/aromatic N) is 4. The van der Waals surface area contributed by atoms with Crippen molar-refractivity contribution in [3.8, 4) is 5.75 Å². The summed E-state index contributed by atoms with van der Waals surface area (Å²) in [6, 6.07) is 12.3. The summed E-state index contributed by atoms with van der Waals surface area (Å²) >= 11 is 0. The van der Waals surface area contributed by atoms with Crippen molar-refractivity contribution in [1.29, 1.82) is 0 Å². The highest BCUT2D eigenvalue weighted by atomic mass is 19.1. The van der Waals surface area contributed by atoms with Crippen LogP contribution in [0.5, 0.6) is 5.75 Å². The van der Waals surface area contributed by atoms with Crippen molar-refractivity contribution in [3.05, 3.63) is 54.5 Å². The third-order valence-electron chi connectivity index (χ3n) is 5.21. The molecule has 0 bridgehead atoms. The summed E-state index contributed by atoms with van der Waals surface area (Å²) in [4.78, 5) is 16.7. The van der Waals surface area contributed by atoms with Crippen LogP contribution in [0.1, 0.15) is 6.42 Å². The molecule has 1 saturated heterocycles. The van der Waals surface area contributed by atoms with Crippen molar-refractivity contribution in [3.63, 3.8) is 0 Å². The van der Waals surface area contributed by atoms with Crippen molar-refractivity contribution in [1.82, 2.24) is 14.7 Å². The molecule has 1 aliphatic heterocycles. The van der Waals surface area contributed by atoms with Gasteiger partial charge < -0.3 is 14.5 Å². The molecule has 0 spiro atoms. The topological polar surface area (TPSA) is 50.6 Å². The number of fused-ring (bicyclic) bond motifs is 1. The van der Waals surface area contributed by atoms with E-state index >= 15 is 0 Å². The van der Waals surface area contributed by atoms with Crippen molar-refractivity contribution >= 4 is 22.5 Å². The number of methoxy groups -OCH3 is 1. The van der Waals surface area contributed by atoms with E-state index in [-0.39, 0.29) is 11.7 Å². The number of aromatic nitrogens is 2. The normalized spacial score (nSPS) is 14.5. The van der Waals surface area contributed by atoms with Crippen LogP contribution in [0.25, 0.3) is 10.9 Å². The molecule has 0 N–H and O–H groups in total. The number of anilines is 1. The Hall–Kier alpha value is -3.09. The maximum Gasteiger partial charge on any atom is 0.224 e. The number of ether oxygens (including phenoxy) is 1. The molecule has 1 fully saturated rings. The van der Waals surface area contributed by atoms with Crippen molar-refractivity contribution in [2.45, 2.75) is 13.0 Å². The molecule has 0 saturated carbocycles. The van der Waals surface area contributed by atoms with Gasteiger partial charge in [-0.15, -0.1) is 0 Å². The van der Waals surface area contributed by atoms with Crippen LogP contribution in [-0.4, -0.2) is 53.9 Å². The minimum Gasteiger partial charge on any atom is -0.497 e. The average molecular weight is 382 g/mol. The molecule has 0 unspecified atom stereocenters.